The van der Waals surface area contributed by atoms with Crippen LogP contribution in [-0.2, 0) is 27.9 Å². The molecule has 0 radical (unpaired) electrons. The van der Waals surface area contributed by atoms with E-state index in [-0.39, 0.29) is 13.0 Å². The molecule has 1 saturated carbocycles. The minimum Gasteiger partial charge on any atom is -0.457 e. The van der Waals surface area contributed by atoms with E-state index in [0.29, 0.717) is 13.0 Å². The summed E-state index contributed by atoms with van der Waals surface area (Å²) >= 11 is 0. The predicted octanol–water partition coefficient (Wildman–Crippen LogP) is 11.1. The maximum atomic E-state index is 12.8. The van der Waals surface area contributed by atoms with Gasteiger partial charge < -0.3 is 39.9 Å². The maximum Gasteiger partial charge on any atom is 0.472 e. The molecule has 0 aromatic rings. The molecule has 0 spiro atoms. The van der Waals surface area contributed by atoms with Gasteiger partial charge in [0, 0.05) is 13.0 Å². The van der Waals surface area contributed by atoms with Crippen LogP contribution in [0, 0.1) is 0 Å². The monoisotopic (exact) mass is 949 g/mol. The van der Waals surface area contributed by atoms with Crippen LogP contribution in [0.4, 0.5) is 0 Å². The maximum absolute atomic E-state index is 12.8. The van der Waals surface area contributed by atoms with Crippen LogP contribution < -0.4 is 0 Å². The van der Waals surface area contributed by atoms with Gasteiger partial charge in [-0.05, 0) is 89.9 Å². The topological polar surface area (TPSA) is 192 Å². The first kappa shape index (κ1) is 61.3. The summed E-state index contributed by atoms with van der Waals surface area (Å²) in [5.74, 6) is -0.507. The summed E-state index contributed by atoms with van der Waals surface area (Å²) in [5, 5.41) is 50.3. The van der Waals surface area contributed by atoms with E-state index in [2.05, 4.69) is 111 Å². The fraction of sp³-hybridized carbons (Fsp3) is 0.679. The molecular weight excluding hydrogens is 860 g/mol. The largest absolute Gasteiger partial charge is 0.472 e. The Morgan fingerprint density at radius 3 is 1.29 bits per heavy atom. The summed E-state index contributed by atoms with van der Waals surface area (Å²) in [7, 11) is -5.04. The van der Waals surface area contributed by atoms with Crippen molar-refractivity contribution < 1.29 is 58.3 Å². The van der Waals surface area contributed by atoms with Gasteiger partial charge in [-0.15, -0.1) is 0 Å². The third kappa shape index (κ3) is 33.7. The lowest BCUT2D eigenvalue weighted by molar-refractivity contribution is -0.220. The Labute approximate surface area is 398 Å². The van der Waals surface area contributed by atoms with E-state index in [1.807, 2.05) is 0 Å². The highest BCUT2D eigenvalue weighted by molar-refractivity contribution is 7.47. The molecule has 1 rings (SSSR count). The number of aliphatic hydroxyl groups excluding tert-OH is 5. The summed E-state index contributed by atoms with van der Waals surface area (Å²) in [6.45, 7) is 3.98. The Kier molecular flexibility index (Phi) is 39.3. The molecule has 0 aliphatic heterocycles. The van der Waals surface area contributed by atoms with Crippen molar-refractivity contribution in [1.29, 1.82) is 0 Å². The standard InChI is InChI=1S/C53H89O12P/c1-3-5-7-9-11-13-15-17-19-21-22-23-24-25-27-29-31-33-35-37-39-41-43-62-44-46(45-63-66(60,61)65-53-51(58)49(56)48(55)50(57)52(53)59)64-47(54)42-40-38-36-34-32-30-28-26-20-18-16-14-12-10-8-6-4-2/h5-8,11-14,17-20,22-23,28,30,46,48-53,55-59H,3-4,9-10,15-16,21,24-27,29,31-45H2,1-2H3,(H,60,61)/b7-5-,8-6-,13-11-,14-12-,19-17-,20-18-,23-22-,30-28-. The zero-order chi connectivity index (χ0) is 48.4. The van der Waals surface area contributed by atoms with Crippen LogP contribution in [0.1, 0.15) is 168 Å². The Bertz CT molecular complexity index is 1450. The van der Waals surface area contributed by atoms with Crippen molar-refractivity contribution >= 4 is 13.8 Å². The molecule has 6 unspecified atom stereocenters. The molecule has 66 heavy (non-hydrogen) atoms. The van der Waals surface area contributed by atoms with E-state index in [0.717, 1.165) is 109 Å². The van der Waals surface area contributed by atoms with Gasteiger partial charge in [0.2, 0.25) is 0 Å². The third-order valence-electron chi connectivity index (χ3n) is 11.0. The van der Waals surface area contributed by atoms with E-state index in [9.17, 15) is 39.8 Å². The molecule has 378 valence electrons. The number of hydrogen-bond donors (Lipinski definition) is 6. The van der Waals surface area contributed by atoms with Gasteiger partial charge in [-0.25, -0.2) is 4.57 Å². The van der Waals surface area contributed by atoms with Crippen molar-refractivity contribution in [2.24, 2.45) is 0 Å². The third-order valence-corrected chi connectivity index (χ3v) is 11.9. The van der Waals surface area contributed by atoms with Crippen molar-refractivity contribution in [2.45, 2.75) is 211 Å². The quantitative estimate of drug-likeness (QED) is 0.0147. The molecule has 6 N–H and O–H groups in total. The Hall–Kier alpha value is -2.74. The number of aliphatic hydroxyl groups is 5. The lowest BCUT2D eigenvalue weighted by Crippen LogP contribution is -2.64. The highest BCUT2D eigenvalue weighted by Crippen LogP contribution is 2.47. The number of carbonyl (C=O) groups excluding carboxylic acids is 1. The van der Waals surface area contributed by atoms with Gasteiger partial charge in [-0.2, -0.15) is 0 Å². The minimum absolute atomic E-state index is 0.0974. The van der Waals surface area contributed by atoms with Crippen molar-refractivity contribution in [3.63, 3.8) is 0 Å². The number of esters is 1. The number of ether oxygens (including phenoxy) is 2. The van der Waals surface area contributed by atoms with Crippen LogP contribution in [0.5, 0.6) is 0 Å². The molecule has 0 saturated heterocycles. The number of allylic oxidation sites excluding steroid dienone is 16. The number of rotatable bonds is 41. The second kappa shape index (κ2) is 42.4. The summed E-state index contributed by atoms with van der Waals surface area (Å²) in [4.78, 5) is 23.2. The summed E-state index contributed by atoms with van der Waals surface area (Å²) in [6.07, 6.45) is 46.1. The van der Waals surface area contributed by atoms with Gasteiger partial charge in [0.05, 0.1) is 13.2 Å². The summed E-state index contributed by atoms with van der Waals surface area (Å²) < 4.78 is 34.2. The molecule has 0 heterocycles. The van der Waals surface area contributed by atoms with Crippen molar-refractivity contribution in [3.8, 4) is 0 Å². The van der Waals surface area contributed by atoms with Gasteiger partial charge in [0.15, 0.2) is 0 Å². The second-order valence-electron chi connectivity index (χ2n) is 16.9. The predicted molar refractivity (Wildman–Crippen MR) is 267 cm³/mol. The van der Waals surface area contributed by atoms with E-state index >= 15 is 0 Å². The second-order valence-corrected chi connectivity index (χ2v) is 18.3. The normalized spacial score (nSPS) is 22.2. The zero-order valence-corrected chi connectivity index (χ0v) is 41.3. The van der Waals surface area contributed by atoms with Gasteiger partial charge >= 0.3 is 13.8 Å². The molecule has 1 aliphatic rings. The highest BCUT2D eigenvalue weighted by Gasteiger charge is 2.51. The molecule has 0 aromatic heterocycles. The van der Waals surface area contributed by atoms with Crippen LogP contribution in [0.25, 0.3) is 0 Å². The fourth-order valence-electron chi connectivity index (χ4n) is 7.04. The molecule has 12 nitrogen and oxygen atoms in total. The van der Waals surface area contributed by atoms with Crippen LogP contribution in [0.15, 0.2) is 97.2 Å². The van der Waals surface area contributed by atoms with E-state index in [1.54, 1.807) is 0 Å². The summed E-state index contributed by atoms with van der Waals surface area (Å²) in [5.41, 5.74) is 0. The first-order valence-electron chi connectivity index (χ1n) is 25.1. The van der Waals surface area contributed by atoms with Gasteiger partial charge in [0.25, 0.3) is 0 Å². The average molecular weight is 949 g/mol. The molecule has 13 heteroatoms. The smallest absolute Gasteiger partial charge is 0.457 e. The first-order chi connectivity index (χ1) is 32.0. The van der Waals surface area contributed by atoms with Crippen LogP contribution in [0.3, 0.4) is 0 Å². The zero-order valence-electron chi connectivity index (χ0n) is 40.5. The number of carbonyl (C=O) groups is 1. The average Bonchev–Trinajstić information content (AvgIpc) is 3.30. The highest BCUT2D eigenvalue weighted by atomic mass is 31.2. The van der Waals surface area contributed by atoms with Crippen LogP contribution in [-0.4, -0.2) is 98.9 Å². The molecule has 1 fully saturated rings. The number of phosphoric ester groups is 1. The van der Waals surface area contributed by atoms with Gasteiger partial charge in [0.1, 0.15) is 42.7 Å². The molecule has 6 atom stereocenters. The SMILES string of the molecule is CC/C=C\C/C=C\C/C=C\C/C=C\CCCCCCCCCCCOCC(COP(=O)(O)OC1C(O)C(O)C(O)C(O)C1O)OC(=O)CCCCCC/C=C\C/C=C\C/C=C\C/C=C\CC. The first-order valence-corrected chi connectivity index (χ1v) is 26.6. The van der Waals surface area contributed by atoms with E-state index in [1.165, 1.54) is 32.1 Å². The number of unbranched alkanes of at least 4 members (excludes halogenated alkanes) is 13. The molecule has 1 aliphatic carbocycles. The molecule has 0 bridgehead atoms. The van der Waals surface area contributed by atoms with Crippen molar-refractivity contribution in [1.82, 2.24) is 0 Å². The Morgan fingerprint density at radius 1 is 0.485 bits per heavy atom. The molecule has 0 amide bonds. The minimum atomic E-state index is -5.04. The Morgan fingerprint density at radius 2 is 0.848 bits per heavy atom. The Balaban J connectivity index is 2.37. The van der Waals surface area contributed by atoms with E-state index < -0.39 is 63.1 Å². The van der Waals surface area contributed by atoms with Crippen LogP contribution >= 0.6 is 7.82 Å². The van der Waals surface area contributed by atoms with E-state index in [4.69, 9.17) is 18.5 Å². The molecular formula is C53H89O12P. The van der Waals surface area contributed by atoms with Crippen molar-refractivity contribution in [2.75, 3.05) is 19.8 Å². The van der Waals surface area contributed by atoms with Gasteiger partial charge in [-0.3, -0.25) is 13.8 Å². The number of phosphoric acid groups is 1. The number of hydrogen-bond acceptors (Lipinski definition) is 11. The van der Waals surface area contributed by atoms with Crippen LogP contribution in [0.2, 0.25) is 0 Å². The van der Waals surface area contributed by atoms with Crippen molar-refractivity contribution in [3.05, 3.63) is 97.2 Å². The fourth-order valence-corrected chi connectivity index (χ4v) is 8.02. The summed E-state index contributed by atoms with van der Waals surface area (Å²) in [6, 6.07) is 0. The molecule has 0 aromatic carbocycles. The van der Waals surface area contributed by atoms with Gasteiger partial charge in [-0.1, -0.05) is 169 Å². The lowest BCUT2D eigenvalue weighted by atomic mass is 9.85. The lowest BCUT2D eigenvalue weighted by Gasteiger charge is -2.41.